The van der Waals surface area contributed by atoms with Crippen molar-refractivity contribution in [2.75, 3.05) is 5.32 Å². The fourth-order valence-corrected chi connectivity index (χ4v) is 2.04. The second-order valence-electron chi connectivity index (χ2n) is 4.55. The molecule has 3 nitrogen and oxygen atoms in total. The molecule has 0 aliphatic heterocycles. The molecule has 0 radical (unpaired) electrons. The van der Waals surface area contributed by atoms with Crippen molar-refractivity contribution in [3.05, 3.63) is 28.3 Å². The first kappa shape index (κ1) is 11.4. The van der Waals surface area contributed by atoms with Crippen LogP contribution in [-0.2, 0) is 4.79 Å². The number of nitrogens with two attached hydrogens (primary N) is 1. The first-order valence-electron chi connectivity index (χ1n) is 5.29. The maximum absolute atomic E-state index is 11.8. The Morgan fingerprint density at radius 2 is 2.06 bits per heavy atom. The van der Waals surface area contributed by atoms with Gasteiger partial charge in [-0.2, -0.15) is 0 Å². The van der Waals surface area contributed by atoms with Gasteiger partial charge in [0.15, 0.2) is 0 Å². The highest BCUT2D eigenvalue weighted by molar-refractivity contribution is 6.34. The van der Waals surface area contributed by atoms with Gasteiger partial charge >= 0.3 is 0 Å². The average Bonchev–Trinajstić information content (AvgIpc) is 2.91. The van der Waals surface area contributed by atoms with E-state index in [1.54, 1.807) is 0 Å². The number of aryl methyl sites for hydroxylation is 2. The molecule has 0 heterocycles. The minimum absolute atomic E-state index is 0.138. The molecule has 3 N–H and O–H groups in total. The van der Waals surface area contributed by atoms with Crippen molar-refractivity contribution in [3.63, 3.8) is 0 Å². The molecule has 0 unspecified atom stereocenters. The Morgan fingerprint density at radius 1 is 1.44 bits per heavy atom. The van der Waals surface area contributed by atoms with Gasteiger partial charge in [-0.15, -0.1) is 0 Å². The number of hydrogen-bond acceptors (Lipinski definition) is 2. The molecule has 1 aromatic carbocycles. The van der Waals surface area contributed by atoms with Crippen LogP contribution in [0.4, 0.5) is 5.69 Å². The number of halogens is 1. The maximum Gasteiger partial charge on any atom is 0.244 e. The summed E-state index contributed by atoms with van der Waals surface area (Å²) in [5.41, 5.74) is 7.86. The highest BCUT2D eigenvalue weighted by Crippen LogP contribution is 2.35. The van der Waals surface area contributed by atoms with Crippen molar-refractivity contribution in [1.82, 2.24) is 0 Å². The van der Waals surface area contributed by atoms with Gasteiger partial charge in [0.25, 0.3) is 0 Å². The van der Waals surface area contributed by atoms with Gasteiger partial charge in [-0.05, 0) is 43.9 Å². The lowest BCUT2D eigenvalue weighted by Crippen LogP contribution is -2.38. The van der Waals surface area contributed by atoms with Gasteiger partial charge in [0, 0.05) is 0 Å². The van der Waals surface area contributed by atoms with E-state index < -0.39 is 5.54 Å². The number of carbonyl (C=O) groups is 1. The van der Waals surface area contributed by atoms with Crippen LogP contribution in [0, 0.1) is 13.8 Å². The SMILES string of the molecule is Cc1cc(C)c(NC(=O)C2(N)CC2)c(Cl)c1. The van der Waals surface area contributed by atoms with Crippen molar-refractivity contribution in [2.24, 2.45) is 5.73 Å². The highest BCUT2D eigenvalue weighted by atomic mass is 35.5. The van der Waals surface area contributed by atoms with E-state index in [0.29, 0.717) is 10.7 Å². The van der Waals surface area contributed by atoms with Crippen LogP contribution in [0.5, 0.6) is 0 Å². The number of nitrogens with one attached hydrogen (secondary N) is 1. The van der Waals surface area contributed by atoms with Crippen molar-refractivity contribution < 1.29 is 4.79 Å². The van der Waals surface area contributed by atoms with E-state index in [0.717, 1.165) is 24.0 Å². The zero-order chi connectivity index (χ0) is 11.9. The van der Waals surface area contributed by atoms with Crippen LogP contribution in [0.2, 0.25) is 5.02 Å². The van der Waals surface area contributed by atoms with Gasteiger partial charge in [0.1, 0.15) is 0 Å². The van der Waals surface area contributed by atoms with Crippen molar-refractivity contribution in [3.8, 4) is 0 Å². The molecule has 16 heavy (non-hydrogen) atoms. The minimum Gasteiger partial charge on any atom is -0.323 e. The van der Waals surface area contributed by atoms with Crippen molar-refractivity contribution >= 4 is 23.2 Å². The van der Waals surface area contributed by atoms with Gasteiger partial charge in [-0.3, -0.25) is 4.79 Å². The Hall–Kier alpha value is -1.06. The highest BCUT2D eigenvalue weighted by Gasteiger charge is 2.46. The summed E-state index contributed by atoms with van der Waals surface area (Å²) in [6.45, 7) is 3.89. The Labute approximate surface area is 100.0 Å². The lowest BCUT2D eigenvalue weighted by Gasteiger charge is -2.14. The monoisotopic (exact) mass is 238 g/mol. The van der Waals surface area contributed by atoms with Crippen LogP contribution in [0.15, 0.2) is 12.1 Å². The summed E-state index contributed by atoms with van der Waals surface area (Å²) in [6.07, 6.45) is 1.50. The second-order valence-corrected chi connectivity index (χ2v) is 4.96. The third kappa shape index (κ3) is 2.06. The molecule has 2 rings (SSSR count). The van der Waals surface area contributed by atoms with E-state index >= 15 is 0 Å². The summed E-state index contributed by atoms with van der Waals surface area (Å²) in [7, 11) is 0. The first-order valence-corrected chi connectivity index (χ1v) is 5.67. The Kier molecular flexibility index (Phi) is 2.68. The molecule has 1 aliphatic rings. The van der Waals surface area contributed by atoms with Gasteiger partial charge in [-0.25, -0.2) is 0 Å². The molecular weight excluding hydrogens is 224 g/mol. The van der Waals surface area contributed by atoms with E-state index in [-0.39, 0.29) is 5.91 Å². The first-order chi connectivity index (χ1) is 7.42. The number of rotatable bonds is 2. The average molecular weight is 239 g/mol. The molecule has 0 saturated heterocycles. The number of hydrogen-bond donors (Lipinski definition) is 2. The third-order valence-corrected chi connectivity index (χ3v) is 3.21. The van der Waals surface area contributed by atoms with E-state index in [2.05, 4.69) is 5.32 Å². The molecular formula is C12H15ClN2O. The van der Waals surface area contributed by atoms with Crippen LogP contribution >= 0.6 is 11.6 Å². The summed E-state index contributed by atoms with van der Waals surface area (Å²) in [4.78, 5) is 11.8. The van der Waals surface area contributed by atoms with Crippen LogP contribution in [0.25, 0.3) is 0 Å². The topological polar surface area (TPSA) is 55.1 Å². The summed E-state index contributed by atoms with van der Waals surface area (Å²) < 4.78 is 0. The largest absolute Gasteiger partial charge is 0.323 e. The number of anilines is 1. The molecule has 0 aromatic heterocycles. The summed E-state index contributed by atoms with van der Waals surface area (Å²) in [5, 5.41) is 3.38. The quantitative estimate of drug-likeness (QED) is 0.831. The number of amides is 1. The second kappa shape index (κ2) is 3.75. The van der Waals surface area contributed by atoms with Crippen molar-refractivity contribution in [2.45, 2.75) is 32.2 Å². The van der Waals surface area contributed by atoms with E-state index in [4.69, 9.17) is 17.3 Å². The zero-order valence-corrected chi connectivity index (χ0v) is 10.2. The minimum atomic E-state index is -0.666. The van der Waals surface area contributed by atoms with Gasteiger partial charge in [0.05, 0.1) is 16.2 Å². The summed E-state index contributed by atoms with van der Waals surface area (Å²) in [6, 6.07) is 3.82. The number of benzene rings is 1. The predicted octanol–water partition coefficient (Wildman–Crippen LogP) is 2.39. The van der Waals surface area contributed by atoms with Crippen LogP contribution in [0.1, 0.15) is 24.0 Å². The van der Waals surface area contributed by atoms with Gasteiger partial charge in [0.2, 0.25) is 5.91 Å². The summed E-state index contributed by atoms with van der Waals surface area (Å²) >= 11 is 6.09. The zero-order valence-electron chi connectivity index (χ0n) is 9.43. The molecule has 1 saturated carbocycles. The van der Waals surface area contributed by atoms with Crippen LogP contribution in [-0.4, -0.2) is 11.4 Å². The molecule has 4 heteroatoms. The lowest BCUT2D eigenvalue weighted by atomic mass is 10.1. The van der Waals surface area contributed by atoms with Crippen LogP contribution in [0.3, 0.4) is 0 Å². The maximum atomic E-state index is 11.8. The Morgan fingerprint density at radius 3 is 2.56 bits per heavy atom. The molecule has 1 fully saturated rings. The Bertz CT molecular complexity index is 429. The summed E-state index contributed by atoms with van der Waals surface area (Å²) in [5.74, 6) is -0.138. The smallest absolute Gasteiger partial charge is 0.244 e. The van der Waals surface area contributed by atoms with E-state index in [9.17, 15) is 4.79 Å². The van der Waals surface area contributed by atoms with Crippen molar-refractivity contribution in [1.29, 1.82) is 0 Å². The molecule has 1 aliphatic carbocycles. The fourth-order valence-electron chi connectivity index (χ4n) is 1.67. The van der Waals surface area contributed by atoms with Gasteiger partial charge in [-0.1, -0.05) is 17.7 Å². The standard InChI is InChI=1S/C12H15ClN2O/c1-7-5-8(2)10(9(13)6-7)15-11(16)12(14)3-4-12/h5-6H,3-4,14H2,1-2H3,(H,15,16). The molecule has 1 aromatic rings. The molecule has 86 valence electrons. The van der Waals surface area contributed by atoms with E-state index in [1.165, 1.54) is 0 Å². The van der Waals surface area contributed by atoms with E-state index in [1.807, 2.05) is 26.0 Å². The Balaban J connectivity index is 2.24. The molecule has 0 spiro atoms. The third-order valence-electron chi connectivity index (χ3n) is 2.91. The molecule has 1 amide bonds. The normalized spacial score (nSPS) is 17.0. The number of carbonyl (C=O) groups excluding carboxylic acids is 1. The van der Waals surface area contributed by atoms with Crippen LogP contribution < -0.4 is 11.1 Å². The molecule has 0 bridgehead atoms. The lowest BCUT2D eigenvalue weighted by molar-refractivity contribution is -0.118. The van der Waals surface area contributed by atoms with Gasteiger partial charge < -0.3 is 11.1 Å². The predicted molar refractivity (Wildman–Crippen MR) is 65.7 cm³/mol. The molecule has 0 atom stereocenters. The fraction of sp³-hybridized carbons (Fsp3) is 0.417.